The van der Waals surface area contributed by atoms with E-state index in [4.69, 9.17) is 5.73 Å². The Morgan fingerprint density at radius 2 is 1.79 bits per heavy atom. The van der Waals surface area contributed by atoms with Crippen LogP contribution in [-0.4, -0.2) is 0 Å². The van der Waals surface area contributed by atoms with E-state index in [2.05, 4.69) is 45.0 Å². The zero-order valence-electron chi connectivity index (χ0n) is 9.16. The third-order valence-corrected chi connectivity index (χ3v) is 2.31. The fourth-order valence-electron chi connectivity index (χ4n) is 1.64. The number of nitrogens with two attached hydrogens (primary N) is 1. The Hall–Kier alpha value is -0.530. The number of halogens is 1. The van der Waals surface area contributed by atoms with Crippen LogP contribution in [0.5, 0.6) is 0 Å². The SMILES string of the molecule is Cc1ccccc1[C@@H](N)CC(C)C.Cl. The topological polar surface area (TPSA) is 26.0 Å². The van der Waals surface area contributed by atoms with Gasteiger partial charge in [-0.3, -0.25) is 0 Å². The van der Waals surface area contributed by atoms with Crippen molar-refractivity contribution in [1.82, 2.24) is 0 Å². The standard InChI is InChI=1S/C12H19N.ClH/c1-9(2)8-12(13)11-7-5-4-6-10(11)3;/h4-7,9,12H,8,13H2,1-3H3;1H/t12-;/m0./s1. The van der Waals surface area contributed by atoms with Crippen LogP contribution in [0.2, 0.25) is 0 Å². The molecule has 14 heavy (non-hydrogen) atoms. The van der Waals surface area contributed by atoms with Crippen LogP contribution in [0.15, 0.2) is 24.3 Å². The minimum atomic E-state index is 0. The van der Waals surface area contributed by atoms with Crippen LogP contribution < -0.4 is 5.73 Å². The van der Waals surface area contributed by atoms with E-state index < -0.39 is 0 Å². The maximum Gasteiger partial charge on any atom is 0.0299 e. The summed E-state index contributed by atoms with van der Waals surface area (Å²) in [4.78, 5) is 0. The van der Waals surface area contributed by atoms with E-state index in [1.54, 1.807) is 0 Å². The van der Waals surface area contributed by atoms with Crippen LogP contribution >= 0.6 is 12.4 Å². The molecule has 0 saturated heterocycles. The molecular weight excluding hydrogens is 194 g/mol. The lowest BCUT2D eigenvalue weighted by Gasteiger charge is -2.16. The molecule has 1 rings (SSSR count). The molecular formula is C12H20ClN. The molecule has 0 aliphatic carbocycles. The third-order valence-electron chi connectivity index (χ3n) is 2.31. The van der Waals surface area contributed by atoms with Gasteiger partial charge >= 0.3 is 0 Å². The molecule has 0 aliphatic heterocycles. The van der Waals surface area contributed by atoms with Crippen molar-refractivity contribution in [3.05, 3.63) is 35.4 Å². The summed E-state index contributed by atoms with van der Waals surface area (Å²) in [6, 6.07) is 8.56. The molecule has 2 N–H and O–H groups in total. The first-order chi connectivity index (χ1) is 6.11. The zero-order chi connectivity index (χ0) is 9.84. The van der Waals surface area contributed by atoms with Crippen molar-refractivity contribution in [3.63, 3.8) is 0 Å². The molecule has 0 radical (unpaired) electrons. The molecule has 0 fully saturated rings. The van der Waals surface area contributed by atoms with Crippen LogP contribution in [0.4, 0.5) is 0 Å². The highest BCUT2D eigenvalue weighted by molar-refractivity contribution is 5.85. The van der Waals surface area contributed by atoms with Crippen molar-refractivity contribution in [1.29, 1.82) is 0 Å². The summed E-state index contributed by atoms with van der Waals surface area (Å²) in [5.41, 5.74) is 8.69. The summed E-state index contributed by atoms with van der Waals surface area (Å²) in [6.45, 7) is 6.53. The monoisotopic (exact) mass is 213 g/mol. The van der Waals surface area contributed by atoms with Gasteiger partial charge < -0.3 is 5.73 Å². The lowest BCUT2D eigenvalue weighted by atomic mass is 9.95. The molecule has 0 heterocycles. The van der Waals surface area contributed by atoms with E-state index in [0.717, 1.165) is 6.42 Å². The van der Waals surface area contributed by atoms with Crippen molar-refractivity contribution < 1.29 is 0 Å². The van der Waals surface area contributed by atoms with Crippen LogP contribution in [0.3, 0.4) is 0 Å². The summed E-state index contributed by atoms with van der Waals surface area (Å²) < 4.78 is 0. The van der Waals surface area contributed by atoms with Crippen LogP contribution in [-0.2, 0) is 0 Å². The first-order valence-corrected chi connectivity index (χ1v) is 4.92. The predicted octanol–water partition coefficient (Wildman–Crippen LogP) is 3.46. The predicted molar refractivity (Wildman–Crippen MR) is 64.8 cm³/mol. The second-order valence-electron chi connectivity index (χ2n) is 4.09. The smallest absolute Gasteiger partial charge is 0.0299 e. The number of benzene rings is 1. The Bertz CT molecular complexity index is 271. The Balaban J connectivity index is 0.00000169. The van der Waals surface area contributed by atoms with Crippen LogP contribution in [0.25, 0.3) is 0 Å². The fourth-order valence-corrected chi connectivity index (χ4v) is 1.64. The van der Waals surface area contributed by atoms with Gasteiger partial charge in [0.1, 0.15) is 0 Å². The second-order valence-corrected chi connectivity index (χ2v) is 4.09. The third kappa shape index (κ3) is 3.69. The fraction of sp³-hybridized carbons (Fsp3) is 0.500. The van der Waals surface area contributed by atoms with Crippen LogP contribution in [0, 0.1) is 12.8 Å². The van der Waals surface area contributed by atoms with Crippen molar-refractivity contribution in [2.24, 2.45) is 11.7 Å². The van der Waals surface area contributed by atoms with Crippen molar-refractivity contribution in [2.75, 3.05) is 0 Å². The molecule has 0 bridgehead atoms. The summed E-state index contributed by atoms with van der Waals surface area (Å²) in [7, 11) is 0. The molecule has 0 spiro atoms. The molecule has 0 saturated carbocycles. The van der Waals surface area contributed by atoms with Gasteiger partial charge in [-0.15, -0.1) is 12.4 Å². The van der Waals surface area contributed by atoms with Crippen molar-refractivity contribution >= 4 is 12.4 Å². The van der Waals surface area contributed by atoms with Gasteiger partial charge in [0, 0.05) is 6.04 Å². The molecule has 1 atom stereocenters. The first-order valence-electron chi connectivity index (χ1n) is 4.92. The zero-order valence-corrected chi connectivity index (χ0v) is 9.97. The Morgan fingerprint density at radius 1 is 1.21 bits per heavy atom. The summed E-state index contributed by atoms with van der Waals surface area (Å²) in [6.07, 6.45) is 1.06. The highest BCUT2D eigenvalue weighted by Gasteiger charge is 2.09. The maximum atomic E-state index is 6.10. The van der Waals surface area contributed by atoms with Gasteiger partial charge in [-0.1, -0.05) is 38.1 Å². The van der Waals surface area contributed by atoms with E-state index in [1.165, 1.54) is 11.1 Å². The van der Waals surface area contributed by atoms with Crippen LogP contribution in [0.1, 0.15) is 37.4 Å². The number of rotatable bonds is 3. The minimum absolute atomic E-state index is 0. The molecule has 1 aromatic rings. The Morgan fingerprint density at radius 3 is 2.29 bits per heavy atom. The second kappa shape index (κ2) is 6.05. The van der Waals surface area contributed by atoms with Crippen molar-refractivity contribution in [2.45, 2.75) is 33.2 Å². The first kappa shape index (κ1) is 13.5. The summed E-state index contributed by atoms with van der Waals surface area (Å²) >= 11 is 0. The van der Waals surface area contributed by atoms with E-state index in [-0.39, 0.29) is 18.4 Å². The minimum Gasteiger partial charge on any atom is -0.324 e. The normalized spacial score (nSPS) is 12.4. The Labute approximate surface area is 93.1 Å². The molecule has 2 heteroatoms. The molecule has 80 valence electrons. The lowest BCUT2D eigenvalue weighted by Crippen LogP contribution is -2.13. The van der Waals surface area contributed by atoms with Gasteiger partial charge in [0.15, 0.2) is 0 Å². The number of hydrogen-bond acceptors (Lipinski definition) is 1. The maximum absolute atomic E-state index is 6.10. The quantitative estimate of drug-likeness (QED) is 0.818. The average Bonchev–Trinajstić information content (AvgIpc) is 2.03. The number of aryl methyl sites for hydroxylation is 1. The average molecular weight is 214 g/mol. The molecule has 0 aliphatic rings. The Kier molecular flexibility index (Phi) is 5.82. The van der Waals surface area contributed by atoms with Gasteiger partial charge in [0.2, 0.25) is 0 Å². The highest BCUT2D eigenvalue weighted by Crippen LogP contribution is 2.21. The lowest BCUT2D eigenvalue weighted by molar-refractivity contribution is 0.508. The molecule has 1 aromatic carbocycles. The van der Waals surface area contributed by atoms with Gasteiger partial charge in [-0.2, -0.15) is 0 Å². The molecule has 0 unspecified atom stereocenters. The summed E-state index contributed by atoms with van der Waals surface area (Å²) in [5.74, 6) is 0.662. The molecule has 0 aromatic heterocycles. The van der Waals surface area contributed by atoms with Gasteiger partial charge in [0.05, 0.1) is 0 Å². The molecule has 1 nitrogen and oxygen atoms in total. The van der Waals surface area contributed by atoms with Crippen molar-refractivity contribution in [3.8, 4) is 0 Å². The van der Waals surface area contributed by atoms with E-state index in [0.29, 0.717) is 5.92 Å². The van der Waals surface area contributed by atoms with E-state index in [1.807, 2.05) is 0 Å². The van der Waals surface area contributed by atoms with E-state index in [9.17, 15) is 0 Å². The largest absolute Gasteiger partial charge is 0.324 e. The van der Waals surface area contributed by atoms with Gasteiger partial charge in [-0.05, 0) is 30.4 Å². The van der Waals surface area contributed by atoms with E-state index >= 15 is 0 Å². The number of hydrogen-bond donors (Lipinski definition) is 1. The highest BCUT2D eigenvalue weighted by atomic mass is 35.5. The summed E-state index contributed by atoms with van der Waals surface area (Å²) in [5, 5.41) is 0. The van der Waals surface area contributed by atoms with Gasteiger partial charge in [-0.25, -0.2) is 0 Å². The van der Waals surface area contributed by atoms with Gasteiger partial charge in [0.25, 0.3) is 0 Å². The molecule has 0 amide bonds.